The molecule has 0 spiro atoms. The first-order valence-corrected chi connectivity index (χ1v) is 13.2. The molecule has 3 aliphatic heterocycles. The number of hydrogen-bond donors (Lipinski definition) is 0. The molecule has 9 heteroatoms. The van der Waals surface area contributed by atoms with Gasteiger partial charge in [-0.25, -0.2) is 4.98 Å². The number of thiophene rings is 1. The summed E-state index contributed by atoms with van der Waals surface area (Å²) in [5, 5.41) is 1.96. The standard InChI is InChI=1S/C26H30N6O2S/c33-25(23-7-4-18-35-23)32-9-8-22-21(19-32)24(30-14-16-34-17-15-30)28-26(27-22)31-12-10-29(11-13-31)20-5-2-1-3-6-20/h1-7,18H,8-17,19H2. The van der Waals surface area contributed by atoms with Crippen molar-refractivity contribution >= 4 is 34.7 Å². The maximum Gasteiger partial charge on any atom is 0.264 e. The molecule has 1 amide bonds. The van der Waals surface area contributed by atoms with Gasteiger partial charge in [0, 0.05) is 63.5 Å². The number of ether oxygens (including phenoxy) is 1. The molecule has 1 aromatic carbocycles. The van der Waals surface area contributed by atoms with Crippen molar-refractivity contribution in [2.24, 2.45) is 0 Å². The number of anilines is 3. The average molecular weight is 491 g/mol. The van der Waals surface area contributed by atoms with Crippen LogP contribution < -0.4 is 14.7 Å². The van der Waals surface area contributed by atoms with Gasteiger partial charge in [-0.15, -0.1) is 11.3 Å². The molecule has 0 unspecified atom stereocenters. The second kappa shape index (κ2) is 9.83. The molecule has 5 heterocycles. The molecule has 0 N–H and O–H groups in total. The lowest BCUT2D eigenvalue weighted by Crippen LogP contribution is -2.48. The number of benzene rings is 1. The molecule has 0 radical (unpaired) electrons. The number of carbonyl (C=O) groups is 1. The maximum absolute atomic E-state index is 13.1. The molecule has 0 saturated carbocycles. The van der Waals surface area contributed by atoms with Crippen LogP contribution in [0.3, 0.4) is 0 Å². The highest BCUT2D eigenvalue weighted by Gasteiger charge is 2.30. The molecule has 2 saturated heterocycles. The van der Waals surface area contributed by atoms with E-state index in [-0.39, 0.29) is 5.91 Å². The van der Waals surface area contributed by atoms with Crippen LogP contribution in [0.2, 0.25) is 0 Å². The highest BCUT2D eigenvalue weighted by molar-refractivity contribution is 7.12. The van der Waals surface area contributed by atoms with Crippen molar-refractivity contribution in [2.75, 3.05) is 73.7 Å². The number of para-hydroxylation sites is 1. The Morgan fingerprint density at radius 2 is 1.60 bits per heavy atom. The van der Waals surface area contributed by atoms with E-state index >= 15 is 0 Å². The lowest BCUT2D eigenvalue weighted by Gasteiger charge is -2.38. The number of morpholine rings is 1. The Bertz CT molecular complexity index is 1160. The number of fused-ring (bicyclic) bond motifs is 1. The van der Waals surface area contributed by atoms with Gasteiger partial charge in [-0.2, -0.15) is 4.98 Å². The van der Waals surface area contributed by atoms with E-state index < -0.39 is 0 Å². The van der Waals surface area contributed by atoms with Crippen molar-refractivity contribution in [3.05, 3.63) is 64.0 Å². The van der Waals surface area contributed by atoms with Gasteiger partial charge in [0.1, 0.15) is 5.82 Å². The molecule has 2 aromatic heterocycles. The van der Waals surface area contributed by atoms with Crippen LogP contribution in [-0.2, 0) is 17.7 Å². The van der Waals surface area contributed by atoms with Crippen molar-refractivity contribution in [1.82, 2.24) is 14.9 Å². The minimum atomic E-state index is 0.0969. The van der Waals surface area contributed by atoms with Crippen LogP contribution in [0.4, 0.5) is 17.5 Å². The van der Waals surface area contributed by atoms with Crippen LogP contribution in [0, 0.1) is 0 Å². The van der Waals surface area contributed by atoms with Gasteiger partial charge < -0.3 is 24.3 Å². The Kier molecular flexibility index (Phi) is 6.26. The topological polar surface area (TPSA) is 65.0 Å². The normalized spacial score (nSPS) is 18.5. The van der Waals surface area contributed by atoms with Crippen LogP contribution in [-0.4, -0.2) is 79.8 Å². The number of piperazine rings is 1. The number of amides is 1. The molecular weight excluding hydrogens is 460 g/mol. The van der Waals surface area contributed by atoms with Crippen LogP contribution in [0.15, 0.2) is 47.8 Å². The summed E-state index contributed by atoms with van der Waals surface area (Å²) in [6.45, 7) is 7.92. The number of rotatable bonds is 4. The summed E-state index contributed by atoms with van der Waals surface area (Å²) in [4.78, 5) is 33.0. The minimum absolute atomic E-state index is 0.0969. The Labute approximate surface area is 209 Å². The summed E-state index contributed by atoms with van der Waals surface area (Å²) in [5.74, 6) is 1.89. The maximum atomic E-state index is 13.1. The zero-order chi connectivity index (χ0) is 23.6. The highest BCUT2D eigenvalue weighted by Crippen LogP contribution is 2.31. The zero-order valence-corrected chi connectivity index (χ0v) is 20.6. The number of carbonyl (C=O) groups excluding carboxylic acids is 1. The minimum Gasteiger partial charge on any atom is -0.378 e. The van der Waals surface area contributed by atoms with E-state index in [4.69, 9.17) is 14.7 Å². The quantitative estimate of drug-likeness (QED) is 0.557. The largest absolute Gasteiger partial charge is 0.378 e. The van der Waals surface area contributed by atoms with Crippen molar-refractivity contribution in [1.29, 1.82) is 0 Å². The fourth-order valence-electron chi connectivity index (χ4n) is 5.10. The average Bonchev–Trinajstić information content (AvgIpc) is 3.48. The summed E-state index contributed by atoms with van der Waals surface area (Å²) in [5.41, 5.74) is 3.44. The summed E-state index contributed by atoms with van der Waals surface area (Å²) in [6, 6.07) is 14.4. The van der Waals surface area contributed by atoms with Gasteiger partial charge in [-0.3, -0.25) is 4.79 Å². The monoisotopic (exact) mass is 490 g/mol. The SMILES string of the molecule is O=C(c1cccs1)N1CCc2nc(N3CCN(c4ccccc4)CC3)nc(N3CCOCC3)c2C1. The lowest BCUT2D eigenvalue weighted by atomic mass is 10.0. The number of aromatic nitrogens is 2. The third kappa shape index (κ3) is 4.58. The Morgan fingerprint density at radius 3 is 2.34 bits per heavy atom. The molecule has 35 heavy (non-hydrogen) atoms. The van der Waals surface area contributed by atoms with Gasteiger partial charge in [0.15, 0.2) is 0 Å². The lowest BCUT2D eigenvalue weighted by molar-refractivity contribution is 0.0738. The highest BCUT2D eigenvalue weighted by atomic mass is 32.1. The molecule has 8 nitrogen and oxygen atoms in total. The van der Waals surface area contributed by atoms with Gasteiger partial charge in [0.05, 0.1) is 30.3 Å². The smallest absolute Gasteiger partial charge is 0.264 e. The van der Waals surface area contributed by atoms with E-state index in [9.17, 15) is 4.79 Å². The molecule has 182 valence electrons. The van der Waals surface area contributed by atoms with Gasteiger partial charge in [-0.05, 0) is 23.6 Å². The fraction of sp³-hybridized carbons (Fsp3) is 0.423. The van der Waals surface area contributed by atoms with Crippen LogP contribution >= 0.6 is 11.3 Å². The first-order valence-electron chi connectivity index (χ1n) is 12.4. The molecule has 2 fully saturated rings. The van der Waals surface area contributed by atoms with E-state index in [0.29, 0.717) is 26.3 Å². The summed E-state index contributed by atoms with van der Waals surface area (Å²) in [7, 11) is 0. The summed E-state index contributed by atoms with van der Waals surface area (Å²) in [6.07, 6.45) is 0.753. The van der Waals surface area contributed by atoms with E-state index in [1.165, 1.54) is 17.0 Å². The Hall–Kier alpha value is -3.17. The van der Waals surface area contributed by atoms with Crippen molar-refractivity contribution in [3.63, 3.8) is 0 Å². The van der Waals surface area contributed by atoms with Crippen molar-refractivity contribution < 1.29 is 9.53 Å². The predicted octanol–water partition coefficient (Wildman–Crippen LogP) is 2.90. The van der Waals surface area contributed by atoms with Crippen molar-refractivity contribution in [2.45, 2.75) is 13.0 Å². The van der Waals surface area contributed by atoms with Crippen LogP contribution in [0.5, 0.6) is 0 Å². The third-order valence-corrected chi connectivity index (χ3v) is 7.90. The number of nitrogens with zero attached hydrogens (tertiary/aromatic N) is 6. The molecule has 6 rings (SSSR count). The van der Waals surface area contributed by atoms with Crippen LogP contribution in [0.25, 0.3) is 0 Å². The summed E-state index contributed by atoms with van der Waals surface area (Å²) >= 11 is 1.50. The van der Waals surface area contributed by atoms with E-state index in [2.05, 4.69) is 45.0 Å². The van der Waals surface area contributed by atoms with E-state index in [1.807, 2.05) is 22.4 Å². The van der Waals surface area contributed by atoms with E-state index in [0.717, 1.165) is 73.6 Å². The molecule has 3 aromatic rings. The third-order valence-electron chi connectivity index (χ3n) is 7.04. The van der Waals surface area contributed by atoms with E-state index in [1.54, 1.807) is 0 Å². The number of hydrogen-bond acceptors (Lipinski definition) is 8. The second-order valence-electron chi connectivity index (χ2n) is 9.14. The predicted molar refractivity (Wildman–Crippen MR) is 139 cm³/mol. The first-order chi connectivity index (χ1) is 17.3. The molecule has 0 bridgehead atoms. The molecule has 0 atom stereocenters. The fourth-order valence-corrected chi connectivity index (χ4v) is 5.79. The van der Waals surface area contributed by atoms with Gasteiger partial charge in [0.2, 0.25) is 5.95 Å². The first kappa shape index (κ1) is 22.3. The van der Waals surface area contributed by atoms with Crippen molar-refractivity contribution in [3.8, 4) is 0 Å². The van der Waals surface area contributed by atoms with Gasteiger partial charge in [-0.1, -0.05) is 24.3 Å². The second-order valence-corrected chi connectivity index (χ2v) is 10.1. The van der Waals surface area contributed by atoms with Gasteiger partial charge in [0.25, 0.3) is 5.91 Å². The Balaban J connectivity index is 1.26. The van der Waals surface area contributed by atoms with Crippen LogP contribution in [0.1, 0.15) is 20.9 Å². The zero-order valence-electron chi connectivity index (χ0n) is 19.8. The molecule has 3 aliphatic rings. The molecule has 0 aliphatic carbocycles. The Morgan fingerprint density at radius 1 is 0.829 bits per heavy atom. The summed E-state index contributed by atoms with van der Waals surface area (Å²) < 4.78 is 5.61. The van der Waals surface area contributed by atoms with Gasteiger partial charge >= 0.3 is 0 Å². The molecular formula is C26H30N6O2S.